The van der Waals surface area contributed by atoms with Crippen LogP contribution in [0.25, 0.3) is 0 Å². The molecule has 0 atom stereocenters. The molecular formula is C14H18FN3OS. The quantitative estimate of drug-likeness (QED) is 0.919. The SMILES string of the molecule is CC(C)Oc1c(N)nsc1N(C)Cc1ccccc1F. The van der Waals surface area contributed by atoms with Gasteiger partial charge in [0.15, 0.2) is 16.6 Å². The van der Waals surface area contributed by atoms with Crippen LogP contribution in [0.1, 0.15) is 19.4 Å². The van der Waals surface area contributed by atoms with Crippen molar-refractivity contribution in [1.82, 2.24) is 4.37 Å². The van der Waals surface area contributed by atoms with E-state index in [0.717, 1.165) is 5.00 Å². The molecular weight excluding hydrogens is 277 g/mol. The molecule has 0 saturated heterocycles. The summed E-state index contributed by atoms with van der Waals surface area (Å²) in [6, 6.07) is 6.71. The van der Waals surface area contributed by atoms with Gasteiger partial charge in [0, 0.05) is 19.2 Å². The molecule has 0 aliphatic heterocycles. The molecule has 0 saturated carbocycles. The van der Waals surface area contributed by atoms with Gasteiger partial charge in [-0.05, 0) is 31.4 Å². The summed E-state index contributed by atoms with van der Waals surface area (Å²) in [5.74, 6) is 0.728. The highest BCUT2D eigenvalue weighted by molar-refractivity contribution is 7.11. The Morgan fingerprint density at radius 2 is 2.10 bits per heavy atom. The maximum atomic E-state index is 13.7. The third-order valence-corrected chi connectivity index (χ3v) is 3.68. The van der Waals surface area contributed by atoms with Crippen LogP contribution in [0.3, 0.4) is 0 Å². The van der Waals surface area contributed by atoms with Gasteiger partial charge in [0.1, 0.15) is 5.82 Å². The molecule has 20 heavy (non-hydrogen) atoms. The molecule has 1 heterocycles. The minimum atomic E-state index is -0.219. The second kappa shape index (κ2) is 6.09. The summed E-state index contributed by atoms with van der Waals surface area (Å²) in [5, 5.41) is 0.805. The number of rotatable bonds is 5. The number of ether oxygens (including phenoxy) is 1. The Hall–Kier alpha value is -1.82. The van der Waals surface area contributed by atoms with Crippen molar-refractivity contribution in [1.29, 1.82) is 0 Å². The summed E-state index contributed by atoms with van der Waals surface area (Å²) in [6.45, 7) is 4.29. The number of benzene rings is 1. The molecule has 0 aliphatic carbocycles. The molecule has 2 N–H and O–H groups in total. The summed E-state index contributed by atoms with van der Waals surface area (Å²) < 4.78 is 23.5. The van der Waals surface area contributed by atoms with Gasteiger partial charge in [-0.2, -0.15) is 4.37 Å². The van der Waals surface area contributed by atoms with E-state index in [4.69, 9.17) is 10.5 Å². The Morgan fingerprint density at radius 1 is 1.40 bits per heavy atom. The summed E-state index contributed by atoms with van der Waals surface area (Å²) in [4.78, 5) is 1.89. The predicted octanol–water partition coefficient (Wildman–Crippen LogP) is 3.29. The van der Waals surface area contributed by atoms with E-state index in [-0.39, 0.29) is 11.9 Å². The fourth-order valence-corrected chi connectivity index (χ4v) is 2.54. The van der Waals surface area contributed by atoms with E-state index in [0.29, 0.717) is 23.7 Å². The molecule has 0 fully saturated rings. The van der Waals surface area contributed by atoms with Gasteiger partial charge in [0.05, 0.1) is 6.10 Å². The molecule has 1 aromatic heterocycles. The van der Waals surface area contributed by atoms with Crippen LogP contribution in [0.15, 0.2) is 24.3 Å². The van der Waals surface area contributed by atoms with Gasteiger partial charge in [-0.3, -0.25) is 0 Å². The molecule has 2 aromatic rings. The highest BCUT2D eigenvalue weighted by Crippen LogP contribution is 2.38. The van der Waals surface area contributed by atoms with Crippen molar-refractivity contribution >= 4 is 22.4 Å². The zero-order valence-electron chi connectivity index (χ0n) is 11.8. The summed E-state index contributed by atoms with van der Waals surface area (Å²) in [6.07, 6.45) is 0.00862. The summed E-state index contributed by atoms with van der Waals surface area (Å²) in [5.41, 5.74) is 6.45. The van der Waals surface area contributed by atoms with E-state index in [9.17, 15) is 4.39 Å². The Balaban J connectivity index is 2.21. The second-order valence-corrected chi connectivity index (χ2v) is 5.57. The standard InChI is InChI=1S/C14H18FN3OS/c1-9(2)19-12-13(16)17-20-14(12)18(3)8-10-6-4-5-7-11(10)15/h4-7,9H,8H2,1-3H3,(H2,16,17). The molecule has 0 amide bonds. The fourth-order valence-electron chi connectivity index (χ4n) is 1.83. The maximum Gasteiger partial charge on any atom is 0.198 e. The highest BCUT2D eigenvalue weighted by Gasteiger charge is 2.18. The van der Waals surface area contributed by atoms with Gasteiger partial charge < -0.3 is 15.4 Å². The summed E-state index contributed by atoms with van der Waals surface area (Å²) >= 11 is 1.25. The first kappa shape index (κ1) is 14.6. The zero-order chi connectivity index (χ0) is 14.7. The Morgan fingerprint density at radius 3 is 2.75 bits per heavy atom. The average Bonchev–Trinajstić information content (AvgIpc) is 2.73. The van der Waals surface area contributed by atoms with E-state index in [2.05, 4.69) is 4.37 Å². The number of nitrogens with two attached hydrogens (primary N) is 1. The number of hydrogen-bond donors (Lipinski definition) is 1. The molecule has 4 nitrogen and oxygen atoms in total. The average molecular weight is 295 g/mol. The van der Waals surface area contributed by atoms with Crippen molar-refractivity contribution in [2.75, 3.05) is 17.7 Å². The number of aromatic nitrogens is 1. The molecule has 0 bridgehead atoms. The lowest BCUT2D eigenvalue weighted by Crippen LogP contribution is -2.18. The minimum Gasteiger partial charge on any atom is -0.484 e. The van der Waals surface area contributed by atoms with Crippen LogP contribution in [0, 0.1) is 5.82 Å². The smallest absolute Gasteiger partial charge is 0.198 e. The first-order chi connectivity index (χ1) is 9.49. The fraction of sp³-hybridized carbons (Fsp3) is 0.357. The van der Waals surface area contributed by atoms with Gasteiger partial charge in [-0.1, -0.05) is 18.2 Å². The van der Waals surface area contributed by atoms with Gasteiger partial charge >= 0.3 is 0 Å². The van der Waals surface area contributed by atoms with Crippen molar-refractivity contribution in [2.45, 2.75) is 26.5 Å². The molecule has 0 spiro atoms. The molecule has 6 heteroatoms. The summed E-state index contributed by atoms with van der Waals surface area (Å²) in [7, 11) is 1.87. The number of halogens is 1. The van der Waals surface area contributed by atoms with E-state index >= 15 is 0 Å². The zero-order valence-corrected chi connectivity index (χ0v) is 12.6. The molecule has 108 valence electrons. The van der Waals surface area contributed by atoms with Crippen molar-refractivity contribution in [3.8, 4) is 5.75 Å². The van der Waals surface area contributed by atoms with Crippen LogP contribution in [0.4, 0.5) is 15.2 Å². The molecule has 0 aliphatic rings. The molecule has 1 aromatic carbocycles. The van der Waals surface area contributed by atoms with Crippen LogP contribution in [0.5, 0.6) is 5.75 Å². The second-order valence-electron chi connectivity index (χ2n) is 4.82. The van der Waals surface area contributed by atoms with Crippen molar-refractivity contribution in [3.05, 3.63) is 35.6 Å². The number of hydrogen-bond acceptors (Lipinski definition) is 5. The number of nitrogens with zero attached hydrogens (tertiary/aromatic N) is 2. The van der Waals surface area contributed by atoms with Crippen molar-refractivity contribution in [2.24, 2.45) is 0 Å². The highest BCUT2D eigenvalue weighted by atomic mass is 32.1. The lowest BCUT2D eigenvalue weighted by atomic mass is 10.2. The number of anilines is 2. The van der Waals surface area contributed by atoms with E-state index < -0.39 is 0 Å². The third kappa shape index (κ3) is 3.19. The van der Waals surface area contributed by atoms with E-state index in [1.165, 1.54) is 17.6 Å². The monoisotopic (exact) mass is 295 g/mol. The minimum absolute atomic E-state index is 0.00862. The topological polar surface area (TPSA) is 51.4 Å². The van der Waals surface area contributed by atoms with Gasteiger partial charge in [0.2, 0.25) is 0 Å². The van der Waals surface area contributed by atoms with E-state index in [1.54, 1.807) is 12.1 Å². The Bertz CT molecular complexity index is 586. The van der Waals surface area contributed by atoms with Gasteiger partial charge in [0.25, 0.3) is 0 Å². The lowest BCUT2D eigenvalue weighted by molar-refractivity contribution is 0.245. The molecule has 0 unspecified atom stereocenters. The van der Waals surface area contributed by atoms with Gasteiger partial charge in [-0.25, -0.2) is 4.39 Å². The van der Waals surface area contributed by atoms with Crippen LogP contribution in [0.2, 0.25) is 0 Å². The number of nitrogen functional groups attached to an aromatic ring is 1. The Kier molecular flexibility index (Phi) is 4.44. The van der Waals surface area contributed by atoms with Crippen molar-refractivity contribution < 1.29 is 9.13 Å². The van der Waals surface area contributed by atoms with E-state index in [1.807, 2.05) is 31.9 Å². The van der Waals surface area contributed by atoms with Crippen LogP contribution < -0.4 is 15.4 Å². The predicted molar refractivity (Wildman–Crippen MR) is 80.8 cm³/mol. The van der Waals surface area contributed by atoms with Crippen LogP contribution in [-0.2, 0) is 6.54 Å². The Labute approximate surface area is 122 Å². The van der Waals surface area contributed by atoms with Gasteiger partial charge in [-0.15, -0.1) is 0 Å². The molecule has 2 rings (SSSR count). The first-order valence-corrected chi connectivity index (χ1v) is 7.12. The van der Waals surface area contributed by atoms with Crippen LogP contribution in [-0.4, -0.2) is 17.5 Å². The largest absolute Gasteiger partial charge is 0.484 e. The lowest BCUT2D eigenvalue weighted by Gasteiger charge is -2.20. The maximum absolute atomic E-state index is 13.7. The van der Waals surface area contributed by atoms with Crippen molar-refractivity contribution in [3.63, 3.8) is 0 Å². The van der Waals surface area contributed by atoms with Crippen LogP contribution >= 0.6 is 11.5 Å². The normalized spacial score (nSPS) is 10.8. The first-order valence-electron chi connectivity index (χ1n) is 6.35. The third-order valence-electron chi connectivity index (χ3n) is 2.72. The molecule has 0 radical (unpaired) electrons.